The summed E-state index contributed by atoms with van der Waals surface area (Å²) in [5.41, 5.74) is 2.68. The van der Waals surface area contributed by atoms with Crippen LogP contribution in [0.1, 0.15) is 22.8 Å². The van der Waals surface area contributed by atoms with Gasteiger partial charge in [0.2, 0.25) is 0 Å². The predicted molar refractivity (Wildman–Crippen MR) is 69.6 cm³/mol. The number of aromatic nitrogens is 2. The molecule has 0 bridgehead atoms. The van der Waals surface area contributed by atoms with Crippen LogP contribution in [-0.4, -0.2) is 9.97 Å². The predicted octanol–water partition coefficient (Wildman–Crippen LogP) is 3.14. The van der Waals surface area contributed by atoms with Crippen LogP contribution in [0.15, 0.2) is 28.7 Å². The number of halogens is 1. The fraction of sp³-hybridized carbons (Fsp3) is 0.231. The first-order valence-corrected chi connectivity index (χ1v) is 6.18. The zero-order chi connectivity index (χ0) is 12.3. The highest BCUT2D eigenvalue weighted by molar-refractivity contribution is 9.10. The van der Waals surface area contributed by atoms with Crippen molar-refractivity contribution >= 4 is 15.9 Å². The van der Waals surface area contributed by atoms with Crippen LogP contribution >= 0.6 is 15.9 Å². The molecule has 0 saturated carbocycles. The molecule has 0 radical (unpaired) electrons. The summed E-state index contributed by atoms with van der Waals surface area (Å²) in [4.78, 5) is 7.27. The number of hydrogen-bond donors (Lipinski definition) is 1. The number of aromatic amines is 1. The number of nitrogens with zero attached hydrogens (tertiary/aromatic N) is 2. The van der Waals surface area contributed by atoms with Gasteiger partial charge in [-0.3, -0.25) is 0 Å². The SMILES string of the molecule is Cc1nc(C#N)c(CCc2cccc(Br)c2)[nH]1. The monoisotopic (exact) mass is 289 g/mol. The first kappa shape index (κ1) is 11.9. The number of nitriles is 1. The van der Waals surface area contributed by atoms with E-state index >= 15 is 0 Å². The molecule has 0 amide bonds. The Morgan fingerprint density at radius 1 is 1.41 bits per heavy atom. The maximum atomic E-state index is 8.93. The molecule has 0 unspecified atom stereocenters. The standard InChI is InChI=1S/C13H12BrN3/c1-9-16-12(13(8-15)17-9)6-5-10-3-2-4-11(14)7-10/h2-4,7H,5-6H2,1H3,(H,16,17). The first-order chi connectivity index (χ1) is 8.19. The van der Waals surface area contributed by atoms with Gasteiger partial charge in [0.25, 0.3) is 0 Å². The summed E-state index contributed by atoms with van der Waals surface area (Å²) in [6, 6.07) is 10.3. The Morgan fingerprint density at radius 3 is 2.94 bits per heavy atom. The number of aryl methyl sites for hydroxylation is 3. The highest BCUT2D eigenvalue weighted by Crippen LogP contribution is 2.14. The van der Waals surface area contributed by atoms with E-state index in [1.165, 1.54) is 5.56 Å². The number of benzene rings is 1. The Bertz CT molecular complexity index is 566. The Morgan fingerprint density at radius 2 is 2.24 bits per heavy atom. The Balaban J connectivity index is 2.10. The van der Waals surface area contributed by atoms with Gasteiger partial charge >= 0.3 is 0 Å². The maximum absolute atomic E-state index is 8.93. The van der Waals surface area contributed by atoms with Crippen molar-refractivity contribution in [3.63, 3.8) is 0 Å². The van der Waals surface area contributed by atoms with Gasteiger partial charge in [0, 0.05) is 4.47 Å². The number of hydrogen-bond acceptors (Lipinski definition) is 2. The fourth-order valence-electron chi connectivity index (χ4n) is 1.78. The molecule has 4 heteroatoms. The Hall–Kier alpha value is -1.60. The minimum absolute atomic E-state index is 0.512. The van der Waals surface area contributed by atoms with Gasteiger partial charge in [-0.25, -0.2) is 4.98 Å². The van der Waals surface area contributed by atoms with Gasteiger partial charge < -0.3 is 4.98 Å². The molecule has 1 aromatic carbocycles. The summed E-state index contributed by atoms with van der Waals surface area (Å²) in [7, 11) is 0. The normalized spacial score (nSPS) is 10.2. The molecule has 0 saturated heterocycles. The molecule has 1 N–H and O–H groups in total. The van der Waals surface area contributed by atoms with Gasteiger partial charge in [-0.1, -0.05) is 28.1 Å². The zero-order valence-corrected chi connectivity index (χ0v) is 11.1. The van der Waals surface area contributed by atoms with E-state index < -0.39 is 0 Å². The number of rotatable bonds is 3. The summed E-state index contributed by atoms with van der Waals surface area (Å²) >= 11 is 3.45. The van der Waals surface area contributed by atoms with Crippen LogP contribution in [0.25, 0.3) is 0 Å². The highest BCUT2D eigenvalue weighted by atomic mass is 79.9. The largest absolute Gasteiger partial charge is 0.345 e. The van der Waals surface area contributed by atoms with E-state index in [1.54, 1.807) is 0 Å². The minimum atomic E-state index is 0.512. The van der Waals surface area contributed by atoms with E-state index in [0.717, 1.165) is 28.8 Å². The van der Waals surface area contributed by atoms with Crippen LogP contribution in [0.5, 0.6) is 0 Å². The van der Waals surface area contributed by atoms with Crippen LogP contribution < -0.4 is 0 Å². The van der Waals surface area contributed by atoms with E-state index in [4.69, 9.17) is 5.26 Å². The molecule has 0 spiro atoms. The van der Waals surface area contributed by atoms with E-state index in [0.29, 0.717) is 5.69 Å². The zero-order valence-electron chi connectivity index (χ0n) is 9.50. The molecule has 2 rings (SSSR count). The number of nitrogens with one attached hydrogen (secondary N) is 1. The average molecular weight is 290 g/mol. The smallest absolute Gasteiger partial charge is 0.161 e. The molecule has 0 aliphatic heterocycles. The second-order valence-corrected chi connectivity index (χ2v) is 4.81. The third-order valence-corrected chi connectivity index (χ3v) is 3.05. The number of imidazole rings is 1. The van der Waals surface area contributed by atoms with E-state index in [9.17, 15) is 0 Å². The fourth-order valence-corrected chi connectivity index (χ4v) is 2.22. The summed E-state index contributed by atoms with van der Waals surface area (Å²) in [6.07, 6.45) is 1.70. The quantitative estimate of drug-likeness (QED) is 0.944. The third-order valence-electron chi connectivity index (χ3n) is 2.56. The molecule has 0 atom stereocenters. The molecule has 3 nitrogen and oxygen atoms in total. The van der Waals surface area contributed by atoms with Crippen molar-refractivity contribution in [3.05, 3.63) is 51.5 Å². The molecule has 2 aromatic rings. The summed E-state index contributed by atoms with van der Waals surface area (Å²) < 4.78 is 1.08. The van der Waals surface area contributed by atoms with Gasteiger partial charge in [0.05, 0.1) is 5.69 Å². The highest BCUT2D eigenvalue weighted by Gasteiger charge is 2.07. The Labute approximate surface area is 109 Å². The van der Waals surface area contributed by atoms with Crippen LogP contribution in [0, 0.1) is 18.3 Å². The van der Waals surface area contributed by atoms with Crippen molar-refractivity contribution in [2.75, 3.05) is 0 Å². The molecule has 1 heterocycles. The summed E-state index contributed by atoms with van der Waals surface area (Å²) in [6.45, 7) is 1.86. The van der Waals surface area contributed by atoms with Crippen molar-refractivity contribution in [2.24, 2.45) is 0 Å². The maximum Gasteiger partial charge on any atom is 0.161 e. The van der Waals surface area contributed by atoms with E-state index in [-0.39, 0.29) is 0 Å². The second kappa shape index (κ2) is 5.15. The van der Waals surface area contributed by atoms with Crippen LogP contribution in [0.4, 0.5) is 0 Å². The average Bonchev–Trinajstić information content (AvgIpc) is 2.67. The number of H-pyrrole nitrogens is 1. The van der Waals surface area contributed by atoms with E-state index in [1.807, 2.05) is 19.1 Å². The minimum Gasteiger partial charge on any atom is -0.345 e. The summed E-state index contributed by atoms with van der Waals surface area (Å²) in [5, 5.41) is 8.93. The summed E-state index contributed by atoms with van der Waals surface area (Å²) in [5.74, 6) is 0.797. The lowest BCUT2D eigenvalue weighted by molar-refractivity contribution is 0.915. The molecule has 86 valence electrons. The first-order valence-electron chi connectivity index (χ1n) is 5.39. The van der Waals surface area contributed by atoms with Gasteiger partial charge in [-0.2, -0.15) is 5.26 Å². The molecule has 0 fully saturated rings. The molecule has 1 aromatic heterocycles. The lowest BCUT2D eigenvalue weighted by Crippen LogP contribution is -1.94. The van der Waals surface area contributed by atoms with Crippen LogP contribution in [0.2, 0.25) is 0 Å². The van der Waals surface area contributed by atoms with Crippen molar-refractivity contribution in [1.29, 1.82) is 5.26 Å². The molecular formula is C13H12BrN3. The molecule has 0 aliphatic rings. The lowest BCUT2D eigenvalue weighted by atomic mass is 10.1. The molecule has 0 aliphatic carbocycles. The second-order valence-electron chi connectivity index (χ2n) is 3.89. The van der Waals surface area contributed by atoms with Crippen molar-refractivity contribution in [2.45, 2.75) is 19.8 Å². The lowest BCUT2D eigenvalue weighted by Gasteiger charge is -2.01. The van der Waals surface area contributed by atoms with Gasteiger partial charge in [0.15, 0.2) is 5.69 Å². The Kier molecular flexibility index (Phi) is 3.60. The van der Waals surface area contributed by atoms with Gasteiger partial charge in [0.1, 0.15) is 11.9 Å². The van der Waals surface area contributed by atoms with Gasteiger partial charge in [-0.15, -0.1) is 0 Å². The van der Waals surface area contributed by atoms with Crippen molar-refractivity contribution in [1.82, 2.24) is 9.97 Å². The van der Waals surface area contributed by atoms with Crippen molar-refractivity contribution in [3.8, 4) is 6.07 Å². The molecular weight excluding hydrogens is 278 g/mol. The molecule has 17 heavy (non-hydrogen) atoms. The topological polar surface area (TPSA) is 52.5 Å². The third kappa shape index (κ3) is 2.95. The van der Waals surface area contributed by atoms with Crippen molar-refractivity contribution < 1.29 is 0 Å². The van der Waals surface area contributed by atoms with Gasteiger partial charge in [-0.05, 0) is 37.5 Å². The van der Waals surface area contributed by atoms with Crippen LogP contribution in [0.3, 0.4) is 0 Å². The van der Waals surface area contributed by atoms with Crippen LogP contribution in [-0.2, 0) is 12.8 Å². The van der Waals surface area contributed by atoms with E-state index in [2.05, 4.69) is 44.1 Å².